The van der Waals surface area contributed by atoms with Gasteiger partial charge in [0.15, 0.2) is 0 Å². The number of nitrogens with one attached hydrogen (secondary N) is 1. The molecule has 0 radical (unpaired) electrons. The van der Waals surface area contributed by atoms with E-state index in [1.54, 1.807) is 6.92 Å². The van der Waals surface area contributed by atoms with E-state index < -0.39 is 10.0 Å². The molecule has 134 valence electrons. The summed E-state index contributed by atoms with van der Waals surface area (Å²) in [6.07, 6.45) is 1.44. The Kier molecular flexibility index (Phi) is 6.62. The molecule has 1 saturated heterocycles. The van der Waals surface area contributed by atoms with E-state index in [1.165, 1.54) is 4.31 Å². The molecule has 0 spiro atoms. The Balaban J connectivity index is 1.91. The summed E-state index contributed by atoms with van der Waals surface area (Å²) >= 11 is 0. The number of benzene rings is 1. The molecule has 1 aliphatic heterocycles. The Morgan fingerprint density at radius 1 is 1.38 bits per heavy atom. The fourth-order valence-electron chi connectivity index (χ4n) is 2.84. The predicted molar refractivity (Wildman–Crippen MR) is 93.2 cm³/mol. The Hall–Kier alpha value is -1.60. The molecule has 1 aromatic carbocycles. The third-order valence-electron chi connectivity index (χ3n) is 4.19. The number of piperidine rings is 1. The lowest BCUT2D eigenvalue weighted by molar-refractivity contribution is -0.126. The van der Waals surface area contributed by atoms with Crippen LogP contribution in [0.5, 0.6) is 5.75 Å². The van der Waals surface area contributed by atoms with E-state index in [9.17, 15) is 13.2 Å². The maximum atomic E-state index is 12.4. The summed E-state index contributed by atoms with van der Waals surface area (Å²) in [6, 6.07) is 7.60. The fourth-order valence-corrected chi connectivity index (χ4v) is 4.02. The van der Waals surface area contributed by atoms with Gasteiger partial charge in [-0.05, 0) is 44.4 Å². The lowest BCUT2D eigenvalue weighted by atomic mass is 9.99. The van der Waals surface area contributed by atoms with Crippen molar-refractivity contribution in [1.29, 1.82) is 0 Å². The normalized spacial score (nSPS) is 19.0. The fraction of sp³-hybridized carbons (Fsp3) is 0.588. The number of ether oxygens (including phenoxy) is 1. The van der Waals surface area contributed by atoms with Crippen LogP contribution in [0.4, 0.5) is 0 Å². The van der Waals surface area contributed by atoms with Crippen molar-refractivity contribution in [2.24, 2.45) is 5.92 Å². The quantitative estimate of drug-likeness (QED) is 0.810. The Bertz CT molecular complexity index is 660. The lowest BCUT2D eigenvalue weighted by Crippen LogP contribution is -2.45. The van der Waals surface area contributed by atoms with E-state index in [0.717, 1.165) is 24.2 Å². The molecular weight excluding hydrogens is 328 g/mol. The summed E-state index contributed by atoms with van der Waals surface area (Å²) in [4.78, 5) is 12.4. The van der Waals surface area contributed by atoms with Crippen LogP contribution < -0.4 is 10.1 Å². The standard InChI is InChI=1S/C17H26N2O4S/c1-3-23-16-9-5-7-14(11-16)12-18-17(20)15-8-6-10-19(13-15)24(21,22)4-2/h5,7,9,11,15H,3-4,6,8,10,12-13H2,1-2H3,(H,18,20)/t15-/m0/s1. The van der Waals surface area contributed by atoms with Crippen molar-refractivity contribution >= 4 is 15.9 Å². The smallest absolute Gasteiger partial charge is 0.224 e. The zero-order valence-electron chi connectivity index (χ0n) is 14.3. The molecule has 1 heterocycles. The lowest BCUT2D eigenvalue weighted by Gasteiger charge is -2.30. The van der Waals surface area contributed by atoms with Crippen LogP contribution in [0.25, 0.3) is 0 Å². The summed E-state index contributed by atoms with van der Waals surface area (Å²) in [6.45, 7) is 5.35. The molecular formula is C17H26N2O4S. The number of nitrogens with zero attached hydrogens (tertiary/aromatic N) is 1. The van der Waals surface area contributed by atoms with Crippen LogP contribution in [0.2, 0.25) is 0 Å². The Morgan fingerprint density at radius 3 is 2.88 bits per heavy atom. The molecule has 1 atom stereocenters. The van der Waals surface area contributed by atoms with Crippen LogP contribution in [0.1, 0.15) is 32.3 Å². The summed E-state index contributed by atoms with van der Waals surface area (Å²) in [7, 11) is -3.23. The molecule has 0 aliphatic carbocycles. The molecule has 0 aromatic heterocycles. The first-order valence-electron chi connectivity index (χ1n) is 8.43. The average molecular weight is 354 g/mol. The summed E-state index contributed by atoms with van der Waals surface area (Å²) in [5.74, 6) is 0.482. The molecule has 0 bridgehead atoms. The molecule has 1 aliphatic rings. The number of sulfonamides is 1. The number of carbonyl (C=O) groups excluding carboxylic acids is 1. The molecule has 2 rings (SSSR count). The van der Waals surface area contributed by atoms with Crippen molar-refractivity contribution in [2.75, 3.05) is 25.4 Å². The Labute approximate surface area is 144 Å². The van der Waals surface area contributed by atoms with Gasteiger partial charge < -0.3 is 10.1 Å². The molecule has 0 unspecified atom stereocenters. The van der Waals surface area contributed by atoms with E-state index in [-0.39, 0.29) is 24.1 Å². The second-order valence-electron chi connectivity index (χ2n) is 5.90. The van der Waals surface area contributed by atoms with Crippen molar-refractivity contribution in [1.82, 2.24) is 9.62 Å². The minimum Gasteiger partial charge on any atom is -0.494 e. The van der Waals surface area contributed by atoms with Gasteiger partial charge in [0.2, 0.25) is 15.9 Å². The van der Waals surface area contributed by atoms with E-state index in [4.69, 9.17) is 4.74 Å². The van der Waals surface area contributed by atoms with Crippen LogP contribution in [-0.2, 0) is 21.4 Å². The molecule has 7 heteroatoms. The predicted octanol–water partition coefficient (Wildman–Crippen LogP) is 1.76. The van der Waals surface area contributed by atoms with Crippen LogP contribution in [0, 0.1) is 5.92 Å². The molecule has 1 N–H and O–H groups in total. The number of hydrogen-bond acceptors (Lipinski definition) is 4. The second-order valence-corrected chi connectivity index (χ2v) is 8.15. The van der Waals surface area contributed by atoms with Crippen molar-refractivity contribution in [2.45, 2.75) is 33.2 Å². The molecule has 24 heavy (non-hydrogen) atoms. The van der Waals surface area contributed by atoms with Gasteiger partial charge in [-0.15, -0.1) is 0 Å². The molecule has 1 aromatic rings. The van der Waals surface area contributed by atoms with E-state index >= 15 is 0 Å². The van der Waals surface area contributed by atoms with Crippen molar-refractivity contribution in [3.63, 3.8) is 0 Å². The highest BCUT2D eigenvalue weighted by atomic mass is 32.2. The highest BCUT2D eigenvalue weighted by Gasteiger charge is 2.31. The summed E-state index contributed by atoms with van der Waals surface area (Å²) in [5.41, 5.74) is 0.961. The maximum Gasteiger partial charge on any atom is 0.224 e. The van der Waals surface area contributed by atoms with Crippen molar-refractivity contribution in [3.8, 4) is 5.75 Å². The van der Waals surface area contributed by atoms with Crippen molar-refractivity contribution < 1.29 is 17.9 Å². The third kappa shape index (κ3) is 4.95. The van der Waals surface area contributed by atoms with Crippen LogP contribution in [-0.4, -0.2) is 44.1 Å². The largest absolute Gasteiger partial charge is 0.494 e. The van der Waals surface area contributed by atoms with Gasteiger partial charge in [0, 0.05) is 19.6 Å². The van der Waals surface area contributed by atoms with Gasteiger partial charge in [-0.2, -0.15) is 0 Å². The third-order valence-corrected chi connectivity index (χ3v) is 6.04. The highest BCUT2D eigenvalue weighted by molar-refractivity contribution is 7.89. The van der Waals surface area contributed by atoms with Gasteiger partial charge in [0.05, 0.1) is 18.3 Å². The summed E-state index contributed by atoms with van der Waals surface area (Å²) < 4.78 is 30.9. The minimum atomic E-state index is -3.23. The van der Waals surface area contributed by atoms with Crippen molar-refractivity contribution in [3.05, 3.63) is 29.8 Å². The topological polar surface area (TPSA) is 75.7 Å². The number of carbonyl (C=O) groups is 1. The molecule has 6 nitrogen and oxygen atoms in total. The molecule has 1 amide bonds. The van der Waals surface area contributed by atoms with E-state index in [0.29, 0.717) is 19.7 Å². The van der Waals surface area contributed by atoms with Gasteiger partial charge in [-0.25, -0.2) is 12.7 Å². The van der Waals surface area contributed by atoms with Crippen LogP contribution in [0.3, 0.4) is 0 Å². The first kappa shape index (κ1) is 18.7. The highest BCUT2D eigenvalue weighted by Crippen LogP contribution is 2.20. The first-order chi connectivity index (χ1) is 11.5. The van der Waals surface area contributed by atoms with Crippen LogP contribution in [0.15, 0.2) is 24.3 Å². The monoisotopic (exact) mass is 354 g/mol. The van der Waals surface area contributed by atoms with Gasteiger partial charge in [0.1, 0.15) is 5.75 Å². The SMILES string of the molecule is CCOc1cccc(CNC(=O)[C@H]2CCCN(S(=O)(=O)CC)C2)c1. The number of hydrogen-bond donors (Lipinski definition) is 1. The number of rotatable bonds is 7. The first-order valence-corrected chi connectivity index (χ1v) is 10.0. The van der Waals surface area contributed by atoms with Crippen LogP contribution >= 0.6 is 0 Å². The second kappa shape index (κ2) is 8.48. The Morgan fingerprint density at radius 2 is 2.17 bits per heavy atom. The van der Waals surface area contributed by atoms with Gasteiger partial charge in [0.25, 0.3) is 0 Å². The molecule has 1 fully saturated rings. The van der Waals surface area contributed by atoms with E-state index in [2.05, 4.69) is 5.32 Å². The average Bonchev–Trinajstić information content (AvgIpc) is 2.60. The van der Waals surface area contributed by atoms with Gasteiger partial charge >= 0.3 is 0 Å². The number of amides is 1. The zero-order chi connectivity index (χ0) is 17.6. The van der Waals surface area contributed by atoms with Gasteiger partial charge in [-0.1, -0.05) is 12.1 Å². The minimum absolute atomic E-state index is 0.0750. The molecule has 0 saturated carbocycles. The maximum absolute atomic E-state index is 12.4. The van der Waals surface area contributed by atoms with Gasteiger partial charge in [-0.3, -0.25) is 4.79 Å². The zero-order valence-corrected chi connectivity index (χ0v) is 15.1. The summed E-state index contributed by atoms with van der Waals surface area (Å²) in [5, 5.41) is 2.91. The van der Waals surface area contributed by atoms with E-state index in [1.807, 2.05) is 31.2 Å².